The van der Waals surface area contributed by atoms with E-state index in [-0.39, 0.29) is 35.9 Å². The Kier molecular flexibility index (Phi) is 8.26. The maximum Gasteiger partial charge on any atom is 0.452 e. The van der Waals surface area contributed by atoms with Gasteiger partial charge in [-0.25, -0.2) is 22.2 Å². The van der Waals surface area contributed by atoms with Crippen LogP contribution in [-0.4, -0.2) is 67.9 Å². The maximum atomic E-state index is 14.8. The van der Waals surface area contributed by atoms with Crippen LogP contribution < -0.4 is 4.90 Å². The molecule has 2 aliphatic heterocycles. The summed E-state index contributed by atoms with van der Waals surface area (Å²) in [4.78, 5) is 17.6. The molecule has 1 N–H and O–H groups in total. The van der Waals surface area contributed by atoms with E-state index in [2.05, 4.69) is 15.2 Å². The third kappa shape index (κ3) is 5.78. The first kappa shape index (κ1) is 33.7. The SMILES string of the molecule is CCC12CCC(F)(F)CN1c1ncccc1S(=O)(=O)N(Cc1cc([C@@H](CC(=O)O)c3ccn4c(C(F)(F)F)nnc4c3C)ccc1C)C2. The monoisotopic (exact) mass is 692 g/mol. The second kappa shape index (κ2) is 11.8. The standard InChI is InChI=1S/C32H33F5N6O4S/c1-4-30-10-11-31(33,34)18-43(30)28-25(6-5-12-38-28)48(46,47)41(17-30)16-22-14-21(8-7-19(22)2)24(15-26(44)45)23-9-13-42-27(20(23)3)39-40-29(42)32(35,36)37/h5-9,12-14,24H,4,10-11,15-18H2,1-3H3,(H,44,45)/t24-,30?/m1/s1. The van der Waals surface area contributed by atoms with Gasteiger partial charge in [-0.2, -0.15) is 17.5 Å². The first-order chi connectivity index (χ1) is 22.5. The van der Waals surface area contributed by atoms with Crippen molar-refractivity contribution in [1.29, 1.82) is 0 Å². The van der Waals surface area contributed by atoms with Gasteiger partial charge in [0, 0.05) is 37.8 Å². The molecule has 16 heteroatoms. The van der Waals surface area contributed by atoms with Crippen molar-refractivity contribution >= 4 is 27.5 Å². The summed E-state index contributed by atoms with van der Waals surface area (Å²) in [6.07, 6.45) is -2.61. The fourth-order valence-electron chi connectivity index (χ4n) is 6.97. The Labute approximate surface area is 273 Å². The number of fused-ring (bicyclic) bond motifs is 4. The number of nitrogens with zero attached hydrogens (tertiary/aromatic N) is 6. The van der Waals surface area contributed by atoms with Crippen molar-refractivity contribution in [2.75, 3.05) is 18.0 Å². The number of alkyl halides is 5. The van der Waals surface area contributed by atoms with Gasteiger partial charge >= 0.3 is 12.1 Å². The Morgan fingerprint density at radius 2 is 1.83 bits per heavy atom. The van der Waals surface area contributed by atoms with Crippen LogP contribution in [0.5, 0.6) is 0 Å². The van der Waals surface area contributed by atoms with Gasteiger partial charge in [0.05, 0.1) is 18.5 Å². The van der Waals surface area contributed by atoms with E-state index < -0.39 is 64.8 Å². The first-order valence-electron chi connectivity index (χ1n) is 15.3. The van der Waals surface area contributed by atoms with Crippen LogP contribution >= 0.6 is 0 Å². The topological polar surface area (TPSA) is 121 Å². The second-order valence-electron chi connectivity index (χ2n) is 12.6. The highest BCUT2D eigenvalue weighted by Crippen LogP contribution is 2.46. The molecule has 0 radical (unpaired) electrons. The van der Waals surface area contributed by atoms with Crippen molar-refractivity contribution in [1.82, 2.24) is 23.9 Å². The molecule has 3 aromatic heterocycles. The van der Waals surface area contributed by atoms with E-state index in [1.165, 1.54) is 33.6 Å². The number of hydrogen-bond acceptors (Lipinski definition) is 7. The van der Waals surface area contributed by atoms with Crippen molar-refractivity contribution in [3.8, 4) is 0 Å². The van der Waals surface area contributed by atoms with E-state index in [1.807, 2.05) is 6.92 Å². The molecule has 256 valence electrons. The second-order valence-corrected chi connectivity index (χ2v) is 14.5. The number of anilines is 1. The van der Waals surface area contributed by atoms with Crippen molar-refractivity contribution in [3.05, 3.63) is 82.4 Å². The summed E-state index contributed by atoms with van der Waals surface area (Å²) in [7, 11) is -4.24. The number of hydrogen-bond donors (Lipinski definition) is 1. The van der Waals surface area contributed by atoms with E-state index in [0.717, 1.165) is 10.6 Å². The third-order valence-electron chi connectivity index (χ3n) is 9.67. The molecule has 2 atom stereocenters. The highest BCUT2D eigenvalue weighted by molar-refractivity contribution is 7.89. The van der Waals surface area contributed by atoms with Gasteiger partial charge in [0.25, 0.3) is 5.92 Å². The van der Waals surface area contributed by atoms with Crippen molar-refractivity contribution < 1.29 is 40.3 Å². The minimum absolute atomic E-state index is 0.0127. The maximum absolute atomic E-state index is 14.8. The fourth-order valence-corrected chi connectivity index (χ4v) is 8.61. The number of halogens is 5. The minimum atomic E-state index is -4.75. The summed E-state index contributed by atoms with van der Waals surface area (Å²) >= 11 is 0. The number of piperidine rings is 1. The normalized spacial score (nSPS) is 21.4. The molecule has 6 rings (SSSR count). The molecular weight excluding hydrogens is 659 g/mol. The van der Waals surface area contributed by atoms with Crippen molar-refractivity contribution in [2.24, 2.45) is 0 Å². The van der Waals surface area contributed by atoms with Crippen LogP contribution in [0.1, 0.15) is 72.2 Å². The first-order valence-corrected chi connectivity index (χ1v) is 16.7. The molecule has 10 nitrogen and oxygen atoms in total. The summed E-state index contributed by atoms with van der Waals surface area (Å²) in [5.74, 6) is -6.24. The van der Waals surface area contributed by atoms with Crippen molar-refractivity contribution in [3.63, 3.8) is 0 Å². The number of aryl methyl sites for hydroxylation is 2. The van der Waals surface area contributed by atoms with E-state index in [0.29, 0.717) is 34.2 Å². The number of rotatable bonds is 7. The zero-order valence-electron chi connectivity index (χ0n) is 26.3. The van der Waals surface area contributed by atoms with E-state index in [9.17, 15) is 40.3 Å². The minimum Gasteiger partial charge on any atom is -0.481 e. The van der Waals surface area contributed by atoms with Gasteiger partial charge in [0.2, 0.25) is 15.8 Å². The lowest BCUT2D eigenvalue weighted by Gasteiger charge is -2.49. The predicted molar refractivity (Wildman–Crippen MR) is 164 cm³/mol. The summed E-state index contributed by atoms with van der Waals surface area (Å²) in [6, 6.07) is 9.36. The quantitative estimate of drug-likeness (QED) is 0.236. The molecule has 0 aliphatic carbocycles. The van der Waals surface area contributed by atoms with Crippen LogP contribution in [0.3, 0.4) is 0 Å². The number of pyridine rings is 2. The van der Waals surface area contributed by atoms with Crippen LogP contribution in [0.15, 0.2) is 53.7 Å². The summed E-state index contributed by atoms with van der Waals surface area (Å²) in [6.45, 7) is 4.27. The molecule has 5 heterocycles. The molecule has 48 heavy (non-hydrogen) atoms. The molecule has 1 fully saturated rings. The lowest BCUT2D eigenvalue weighted by atomic mass is 9.82. The largest absolute Gasteiger partial charge is 0.481 e. The van der Waals surface area contributed by atoms with Gasteiger partial charge in [-0.3, -0.25) is 9.20 Å². The molecule has 2 aliphatic rings. The Bertz CT molecular complexity index is 2020. The van der Waals surface area contributed by atoms with Crippen molar-refractivity contribution in [2.45, 2.75) is 81.5 Å². The highest BCUT2D eigenvalue weighted by Gasteiger charge is 2.53. The molecule has 0 bridgehead atoms. The van der Waals surface area contributed by atoms with E-state index in [1.54, 1.807) is 32.0 Å². The number of aromatic nitrogens is 4. The molecule has 1 unspecified atom stereocenters. The number of sulfonamides is 1. The summed E-state index contributed by atoms with van der Waals surface area (Å²) < 4.78 is 101. The van der Waals surface area contributed by atoms with Crippen LogP contribution in [0.4, 0.5) is 27.8 Å². The summed E-state index contributed by atoms with van der Waals surface area (Å²) in [5.41, 5.74) is 1.47. The molecule has 0 spiro atoms. The van der Waals surface area contributed by atoms with Crippen LogP contribution in [-0.2, 0) is 27.5 Å². The Hall–Kier alpha value is -4.18. The van der Waals surface area contributed by atoms with Crippen LogP contribution in [0.2, 0.25) is 0 Å². The summed E-state index contributed by atoms with van der Waals surface area (Å²) in [5, 5.41) is 16.9. The fraction of sp³-hybridized carbons (Fsp3) is 0.438. The zero-order chi connectivity index (χ0) is 34.8. The van der Waals surface area contributed by atoms with Gasteiger partial charge in [-0.1, -0.05) is 25.1 Å². The molecule has 1 aromatic carbocycles. The number of carboxylic acids is 1. The Morgan fingerprint density at radius 1 is 1.08 bits per heavy atom. The molecule has 0 saturated carbocycles. The zero-order valence-corrected chi connectivity index (χ0v) is 27.1. The number of carboxylic acid groups (broad SMARTS) is 1. The lowest BCUT2D eigenvalue weighted by molar-refractivity contribution is -0.145. The van der Waals surface area contributed by atoms with E-state index in [4.69, 9.17) is 0 Å². The number of aliphatic carboxylic acids is 1. The predicted octanol–water partition coefficient (Wildman–Crippen LogP) is 5.96. The third-order valence-corrected chi connectivity index (χ3v) is 11.5. The van der Waals surface area contributed by atoms with Gasteiger partial charge in [0.1, 0.15) is 10.7 Å². The molecule has 1 saturated heterocycles. The van der Waals surface area contributed by atoms with Gasteiger partial charge < -0.3 is 10.0 Å². The van der Waals surface area contributed by atoms with Gasteiger partial charge in [0.15, 0.2) is 5.65 Å². The van der Waals surface area contributed by atoms with Crippen LogP contribution in [0.25, 0.3) is 5.65 Å². The van der Waals surface area contributed by atoms with E-state index >= 15 is 0 Å². The highest BCUT2D eigenvalue weighted by atomic mass is 32.2. The lowest BCUT2D eigenvalue weighted by Crippen LogP contribution is -2.61. The number of carbonyl (C=O) groups is 1. The Morgan fingerprint density at radius 3 is 2.52 bits per heavy atom. The molecule has 0 amide bonds. The van der Waals surface area contributed by atoms with Gasteiger partial charge in [-0.05, 0) is 72.7 Å². The molecular formula is C32H33F5N6O4S. The molecule has 4 aromatic rings. The van der Waals surface area contributed by atoms with Gasteiger partial charge in [-0.15, -0.1) is 10.2 Å². The smallest absolute Gasteiger partial charge is 0.452 e. The Balaban J connectivity index is 1.43. The average molecular weight is 693 g/mol. The van der Waals surface area contributed by atoms with Crippen LogP contribution in [0, 0.1) is 13.8 Å². The number of benzene rings is 1. The average Bonchev–Trinajstić information content (AvgIpc) is 3.45.